The minimum atomic E-state index is -5.31. The number of anilines is 1. The van der Waals surface area contributed by atoms with E-state index in [1.54, 1.807) is 0 Å². The van der Waals surface area contributed by atoms with Gasteiger partial charge in [0.15, 0.2) is 5.69 Å². The fourth-order valence-corrected chi connectivity index (χ4v) is 2.16. The fraction of sp³-hybridized carbons (Fsp3) is 0.273. The molecule has 21 heavy (non-hydrogen) atoms. The smallest absolute Gasteiger partial charge is 0.298 e. The zero-order valence-electron chi connectivity index (χ0n) is 10.1. The third kappa shape index (κ3) is 4.08. The first-order valence-corrected chi connectivity index (χ1v) is 6.29. The van der Waals surface area contributed by atoms with Gasteiger partial charge in [-0.05, 0) is 28.7 Å². The topological polar surface area (TPSA) is 33.2 Å². The highest BCUT2D eigenvalue weighted by Crippen LogP contribution is 2.38. The van der Waals surface area contributed by atoms with Gasteiger partial charge in [-0.3, -0.25) is 9.69 Å². The van der Waals surface area contributed by atoms with Crippen molar-refractivity contribution in [2.75, 3.05) is 11.4 Å². The van der Waals surface area contributed by atoms with Gasteiger partial charge >= 0.3 is 18.3 Å². The van der Waals surface area contributed by atoms with E-state index >= 15 is 0 Å². The molecule has 1 rings (SSSR count). The zero-order chi connectivity index (χ0) is 16.4. The molecular weight excluding hydrogens is 417 g/mol. The van der Waals surface area contributed by atoms with Crippen LogP contribution in [-0.4, -0.2) is 23.6 Å². The van der Waals surface area contributed by atoms with E-state index in [0.29, 0.717) is 0 Å². The third-order valence-electron chi connectivity index (χ3n) is 2.21. The Morgan fingerprint density at radius 1 is 1.33 bits per heavy atom. The zero-order valence-corrected chi connectivity index (χ0v) is 12.3. The Morgan fingerprint density at radius 3 is 2.33 bits per heavy atom. The van der Waals surface area contributed by atoms with Crippen LogP contribution in [0.3, 0.4) is 0 Å². The summed E-state index contributed by atoms with van der Waals surface area (Å²) in [5.41, 5.74) is -2.50. The maximum absolute atomic E-state index is 12.9. The van der Waals surface area contributed by atoms with Crippen molar-refractivity contribution in [3.8, 4) is 0 Å². The van der Waals surface area contributed by atoms with Crippen LogP contribution in [0.15, 0.2) is 24.9 Å². The molecule has 0 aliphatic carbocycles. The maximum Gasteiger partial charge on any atom is 0.471 e. The van der Waals surface area contributed by atoms with Crippen LogP contribution in [0, 0.1) is 3.57 Å². The summed E-state index contributed by atoms with van der Waals surface area (Å²) in [6.45, 7) is 2.41. The lowest BCUT2D eigenvalue weighted by Gasteiger charge is -2.26. The summed E-state index contributed by atoms with van der Waals surface area (Å²) in [4.78, 5) is 14.4. The van der Waals surface area contributed by atoms with Gasteiger partial charge in [0.05, 0.1) is 5.69 Å². The van der Waals surface area contributed by atoms with Gasteiger partial charge in [0, 0.05) is 16.3 Å². The molecule has 1 aromatic heterocycles. The lowest BCUT2D eigenvalue weighted by atomic mass is 10.2. The lowest BCUT2D eigenvalue weighted by molar-refractivity contribution is -0.170. The summed E-state index contributed by atoms with van der Waals surface area (Å²) in [5.74, 6) is -2.42. The quantitative estimate of drug-likeness (QED) is 0.421. The van der Waals surface area contributed by atoms with Crippen molar-refractivity contribution in [1.29, 1.82) is 0 Å². The number of carbonyl (C=O) groups excluding carboxylic acids is 1. The van der Waals surface area contributed by atoms with Gasteiger partial charge in [-0.2, -0.15) is 26.3 Å². The van der Waals surface area contributed by atoms with Gasteiger partial charge in [-0.1, -0.05) is 6.08 Å². The SMILES string of the molecule is C=CCN(C(=O)C(F)(F)F)c1c(I)ccnc1C(F)(F)F. The van der Waals surface area contributed by atoms with Gasteiger partial charge in [0.2, 0.25) is 0 Å². The standard InChI is InChI=1S/C11H7F6IN2O/c1-2-5-20(9(21)11(15,16)17)7-6(18)3-4-19-8(7)10(12,13)14/h2-4H,1,5H2. The molecule has 10 heteroatoms. The molecule has 0 atom stereocenters. The summed E-state index contributed by atoms with van der Waals surface area (Å²) in [6, 6.07) is 1.07. The second-order valence-corrected chi connectivity index (χ2v) is 4.85. The van der Waals surface area contributed by atoms with E-state index < -0.39 is 36.2 Å². The molecule has 0 fully saturated rings. The maximum atomic E-state index is 12.9. The fourth-order valence-electron chi connectivity index (χ4n) is 1.45. The Morgan fingerprint density at radius 2 is 1.90 bits per heavy atom. The molecule has 0 bridgehead atoms. The highest BCUT2D eigenvalue weighted by atomic mass is 127. The number of halogens is 7. The highest BCUT2D eigenvalue weighted by Gasteiger charge is 2.46. The van der Waals surface area contributed by atoms with Crippen molar-refractivity contribution < 1.29 is 31.1 Å². The van der Waals surface area contributed by atoms with E-state index in [-0.39, 0.29) is 8.47 Å². The van der Waals surface area contributed by atoms with Gasteiger partial charge < -0.3 is 0 Å². The monoisotopic (exact) mass is 424 g/mol. The average molecular weight is 424 g/mol. The molecule has 0 aliphatic rings. The molecule has 1 heterocycles. The Balaban J connectivity index is 3.52. The first-order chi connectivity index (χ1) is 9.50. The molecule has 3 nitrogen and oxygen atoms in total. The van der Waals surface area contributed by atoms with Crippen molar-refractivity contribution in [2.45, 2.75) is 12.4 Å². The number of carbonyl (C=O) groups is 1. The molecule has 0 aromatic carbocycles. The molecular formula is C11H7F6IN2O. The van der Waals surface area contributed by atoms with E-state index in [2.05, 4.69) is 11.6 Å². The summed E-state index contributed by atoms with van der Waals surface area (Å²) in [5, 5.41) is 0. The average Bonchev–Trinajstić information content (AvgIpc) is 2.33. The molecule has 0 aliphatic heterocycles. The minimum absolute atomic E-state index is 0.0371. The highest BCUT2D eigenvalue weighted by molar-refractivity contribution is 14.1. The number of aromatic nitrogens is 1. The summed E-state index contributed by atoms with van der Waals surface area (Å²) in [6.07, 6.45) is -8.61. The van der Waals surface area contributed by atoms with Crippen molar-refractivity contribution >= 4 is 34.2 Å². The van der Waals surface area contributed by atoms with Gasteiger partial charge in [0.1, 0.15) is 0 Å². The van der Waals surface area contributed by atoms with Crippen LogP contribution < -0.4 is 4.90 Å². The van der Waals surface area contributed by atoms with Crippen molar-refractivity contribution in [3.05, 3.63) is 34.2 Å². The van der Waals surface area contributed by atoms with E-state index in [1.807, 2.05) is 0 Å². The molecule has 116 valence electrons. The minimum Gasteiger partial charge on any atom is -0.298 e. The van der Waals surface area contributed by atoms with E-state index in [9.17, 15) is 31.1 Å². The molecule has 0 saturated heterocycles. The predicted molar refractivity (Wildman–Crippen MR) is 70.6 cm³/mol. The van der Waals surface area contributed by atoms with Crippen LogP contribution in [0.25, 0.3) is 0 Å². The molecule has 1 amide bonds. The van der Waals surface area contributed by atoms with Crippen LogP contribution in [0.1, 0.15) is 5.69 Å². The van der Waals surface area contributed by atoms with Gasteiger partial charge in [-0.15, -0.1) is 6.58 Å². The number of alkyl halides is 6. The van der Waals surface area contributed by atoms with E-state index in [1.165, 1.54) is 22.6 Å². The lowest BCUT2D eigenvalue weighted by Crippen LogP contribution is -2.42. The Kier molecular flexibility index (Phi) is 5.23. The molecule has 0 radical (unpaired) electrons. The van der Waals surface area contributed by atoms with Crippen molar-refractivity contribution in [1.82, 2.24) is 4.98 Å². The molecule has 0 N–H and O–H groups in total. The first-order valence-electron chi connectivity index (χ1n) is 5.21. The Bertz CT molecular complexity index is 555. The summed E-state index contributed by atoms with van der Waals surface area (Å²) >= 11 is 1.41. The molecule has 0 unspecified atom stereocenters. The number of amides is 1. The van der Waals surface area contributed by atoms with Crippen LogP contribution in [0.2, 0.25) is 0 Å². The third-order valence-corrected chi connectivity index (χ3v) is 3.08. The molecule has 0 saturated carbocycles. The van der Waals surface area contributed by atoms with Gasteiger partial charge in [-0.25, -0.2) is 4.98 Å². The number of hydrogen-bond donors (Lipinski definition) is 0. The Labute approximate surface area is 128 Å². The predicted octanol–water partition coefficient (Wildman–Crippen LogP) is 3.79. The number of nitrogens with zero attached hydrogens (tertiary/aromatic N) is 2. The summed E-state index contributed by atoms with van der Waals surface area (Å²) < 4.78 is 76.1. The normalized spacial score (nSPS) is 12.1. The second kappa shape index (κ2) is 6.20. The van der Waals surface area contributed by atoms with Crippen LogP contribution >= 0.6 is 22.6 Å². The number of hydrogen-bond acceptors (Lipinski definition) is 2. The van der Waals surface area contributed by atoms with Crippen LogP contribution in [0.4, 0.5) is 32.0 Å². The Hall–Kier alpha value is -1.33. The molecule has 1 aromatic rings. The molecule has 0 spiro atoms. The largest absolute Gasteiger partial charge is 0.471 e. The van der Waals surface area contributed by atoms with Crippen molar-refractivity contribution in [3.63, 3.8) is 0 Å². The van der Waals surface area contributed by atoms with Gasteiger partial charge in [0.25, 0.3) is 0 Å². The first kappa shape index (κ1) is 17.7. The van der Waals surface area contributed by atoms with Crippen LogP contribution in [-0.2, 0) is 11.0 Å². The summed E-state index contributed by atoms with van der Waals surface area (Å²) in [7, 11) is 0. The second-order valence-electron chi connectivity index (χ2n) is 3.69. The van der Waals surface area contributed by atoms with E-state index in [4.69, 9.17) is 0 Å². The number of pyridine rings is 1. The van der Waals surface area contributed by atoms with Crippen molar-refractivity contribution in [2.24, 2.45) is 0 Å². The number of rotatable bonds is 3. The van der Waals surface area contributed by atoms with Crippen LogP contribution in [0.5, 0.6) is 0 Å². The van der Waals surface area contributed by atoms with E-state index in [0.717, 1.165) is 18.3 Å².